The number of rotatable bonds is 6. The molecular formula is C18H27FN4O2. The number of aryl methyl sites for hydroxylation is 1. The second kappa shape index (κ2) is 9.36. The second-order valence-corrected chi connectivity index (χ2v) is 6.49. The van der Waals surface area contributed by atoms with E-state index in [9.17, 15) is 9.18 Å². The lowest BCUT2D eigenvalue weighted by atomic mass is 10.2. The van der Waals surface area contributed by atoms with E-state index in [1.165, 1.54) is 25.0 Å². The van der Waals surface area contributed by atoms with Gasteiger partial charge in [-0.2, -0.15) is 0 Å². The number of nitrogens with one attached hydrogen (secondary N) is 1. The first kappa shape index (κ1) is 19.2. The standard InChI is InChI=1S/C18H27FN4O2/c1-13-7-8-16(15(19)11-13)21-18(24)14(2)25-22-17(20)12-23-9-5-3-4-6-10-23/h7-8,11,14H,3-6,9-10,12H2,1-2H3,(H2,20,22)(H,21,24). The van der Waals surface area contributed by atoms with Gasteiger partial charge in [-0.05, 0) is 57.5 Å². The predicted octanol–water partition coefficient (Wildman–Crippen LogP) is 2.63. The van der Waals surface area contributed by atoms with Gasteiger partial charge in [-0.1, -0.05) is 24.1 Å². The molecule has 1 fully saturated rings. The van der Waals surface area contributed by atoms with Gasteiger partial charge in [-0.25, -0.2) is 4.39 Å². The molecule has 1 saturated heterocycles. The minimum atomic E-state index is -0.872. The van der Waals surface area contributed by atoms with E-state index in [4.69, 9.17) is 10.6 Å². The van der Waals surface area contributed by atoms with Crippen molar-refractivity contribution in [3.05, 3.63) is 29.6 Å². The van der Waals surface area contributed by atoms with Gasteiger partial charge in [0.1, 0.15) is 5.82 Å². The van der Waals surface area contributed by atoms with E-state index in [1.54, 1.807) is 19.9 Å². The number of carbonyl (C=O) groups is 1. The van der Waals surface area contributed by atoms with Crippen LogP contribution in [0.15, 0.2) is 23.4 Å². The fourth-order valence-electron chi connectivity index (χ4n) is 2.70. The maximum atomic E-state index is 13.8. The third-order valence-electron chi connectivity index (χ3n) is 4.16. The molecule has 1 aliphatic rings. The summed E-state index contributed by atoms with van der Waals surface area (Å²) in [6, 6.07) is 4.60. The van der Waals surface area contributed by atoms with Gasteiger partial charge in [0.05, 0.1) is 12.2 Å². The van der Waals surface area contributed by atoms with Crippen LogP contribution < -0.4 is 11.1 Å². The van der Waals surface area contributed by atoms with E-state index in [0.29, 0.717) is 12.4 Å². The highest BCUT2D eigenvalue weighted by Gasteiger charge is 2.17. The lowest BCUT2D eigenvalue weighted by Crippen LogP contribution is -2.35. The topological polar surface area (TPSA) is 79.9 Å². The van der Waals surface area contributed by atoms with Crippen molar-refractivity contribution in [1.29, 1.82) is 0 Å². The van der Waals surface area contributed by atoms with Crippen LogP contribution in [0.4, 0.5) is 10.1 Å². The molecule has 0 bridgehead atoms. The number of amidine groups is 1. The maximum absolute atomic E-state index is 13.8. The van der Waals surface area contributed by atoms with Crippen molar-refractivity contribution in [2.24, 2.45) is 10.9 Å². The van der Waals surface area contributed by atoms with Gasteiger partial charge in [0.15, 0.2) is 5.84 Å². The molecule has 2 rings (SSSR count). The first-order valence-electron chi connectivity index (χ1n) is 8.73. The Bertz CT molecular complexity index is 613. The van der Waals surface area contributed by atoms with E-state index >= 15 is 0 Å². The van der Waals surface area contributed by atoms with Crippen LogP contribution >= 0.6 is 0 Å². The molecule has 1 heterocycles. The molecule has 25 heavy (non-hydrogen) atoms. The smallest absolute Gasteiger partial charge is 0.268 e. The Morgan fingerprint density at radius 1 is 1.36 bits per heavy atom. The van der Waals surface area contributed by atoms with Crippen molar-refractivity contribution in [3.63, 3.8) is 0 Å². The van der Waals surface area contributed by atoms with Crippen LogP contribution in [-0.4, -0.2) is 42.4 Å². The third kappa shape index (κ3) is 6.34. The average Bonchev–Trinajstić information content (AvgIpc) is 2.83. The summed E-state index contributed by atoms with van der Waals surface area (Å²) < 4.78 is 13.8. The second-order valence-electron chi connectivity index (χ2n) is 6.49. The number of nitrogens with zero attached hydrogens (tertiary/aromatic N) is 2. The summed E-state index contributed by atoms with van der Waals surface area (Å²) in [5, 5.41) is 6.34. The molecule has 1 unspecified atom stereocenters. The van der Waals surface area contributed by atoms with Gasteiger partial charge < -0.3 is 15.9 Å². The molecule has 1 aliphatic heterocycles. The molecule has 6 nitrogen and oxygen atoms in total. The number of benzene rings is 1. The fourth-order valence-corrected chi connectivity index (χ4v) is 2.70. The van der Waals surface area contributed by atoms with Crippen LogP contribution in [0.2, 0.25) is 0 Å². The molecule has 138 valence electrons. The number of amides is 1. The molecule has 0 saturated carbocycles. The minimum absolute atomic E-state index is 0.118. The van der Waals surface area contributed by atoms with Crippen molar-refractivity contribution in [3.8, 4) is 0 Å². The number of carbonyl (C=O) groups excluding carboxylic acids is 1. The monoisotopic (exact) mass is 350 g/mol. The Morgan fingerprint density at radius 2 is 2.04 bits per heavy atom. The van der Waals surface area contributed by atoms with Gasteiger partial charge in [0.2, 0.25) is 6.10 Å². The molecule has 0 aromatic heterocycles. The molecule has 0 spiro atoms. The first-order chi connectivity index (χ1) is 12.0. The Balaban J connectivity index is 1.83. The third-order valence-corrected chi connectivity index (χ3v) is 4.16. The van der Waals surface area contributed by atoms with Crippen LogP contribution in [-0.2, 0) is 9.63 Å². The molecule has 1 aromatic rings. The first-order valence-corrected chi connectivity index (χ1v) is 8.73. The molecule has 0 aliphatic carbocycles. The van der Waals surface area contributed by atoms with E-state index in [2.05, 4.69) is 15.4 Å². The fraction of sp³-hybridized carbons (Fsp3) is 0.556. The van der Waals surface area contributed by atoms with Crippen LogP contribution in [0.3, 0.4) is 0 Å². The number of likely N-dealkylation sites (tertiary alicyclic amines) is 1. The van der Waals surface area contributed by atoms with Crippen LogP contribution in [0.25, 0.3) is 0 Å². The van der Waals surface area contributed by atoms with Gasteiger partial charge in [0, 0.05) is 0 Å². The summed E-state index contributed by atoms with van der Waals surface area (Å²) in [5.74, 6) is -0.623. The van der Waals surface area contributed by atoms with Gasteiger partial charge in [-0.3, -0.25) is 9.69 Å². The highest BCUT2D eigenvalue weighted by Crippen LogP contribution is 2.15. The van der Waals surface area contributed by atoms with Gasteiger partial charge >= 0.3 is 0 Å². The molecule has 1 amide bonds. The zero-order chi connectivity index (χ0) is 18.2. The number of anilines is 1. The van der Waals surface area contributed by atoms with E-state index < -0.39 is 17.8 Å². The number of nitrogens with two attached hydrogens (primary N) is 1. The lowest BCUT2D eigenvalue weighted by Gasteiger charge is -2.19. The number of oxime groups is 1. The SMILES string of the molecule is Cc1ccc(NC(=O)C(C)ON=C(N)CN2CCCCCC2)c(F)c1. The van der Waals surface area contributed by atoms with E-state index in [0.717, 1.165) is 31.5 Å². The summed E-state index contributed by atoms with van der Waals surface area (Å²) in [4.78, 5) is 19.5. The average molecular weight is 350 g/mol. The molecule has 0 radical (unpaired) electrons. The van der Waals surface area contributed by atoms with Crippen molar-refractivity contribution >= 4 is 17.4 Å². The summed E-state index contributed by atoms with van der Waals surface area (Å²) >= 11 is 0. The highest BCUT2D eigenvalue weighted by molar-refractivity contribution is 5.94. The zero-order valence-electron chi connectivity index (χ0n) is 14.9. The Hall–Kier alpha value is -2.15. The Kier molecular flexibility index (Phi) is 7.18. The van der Waals surface area contributed by atoms with Gasteiger partial charge in [0.25, 0.3) is 5.91 Å². The highest BCUT2D eigenvalue weighted by atomic mass is 19.1. The molecule has 1 aromatic carbocycles. The lowest BCUT2D eigenvalue weighted by molar-refractivity contribution is -0.126. The molecule has 1 atom stereocenters. The summed E-state index contributed by atoms with van der Waals surface area (Å²) in [5.41, 5.74) is 6.79. The van der Waals surface area contributed by atoms with Crippen molar-refractivity contribution < 1.29 is 14.0 Å². The Morgan fingerprint density at radius 3 is 2.68 bits per heavy atom. The number of hydrogen-bond acceptors (Lipinski definition) is 4. The van der Waals surface area contributed by atoms with Crippen LogP contribution in [0.5, 0.6) is 0 Å². The van der Waals surface area contributed by atoms with Gasteiger partial charge in [-0.15, -0.1) is 0 Å². The molecular weight excluding hydrogens is 323 g/mol. The van der Waals surface area contributed by atoms with Crippen LogP contribution in [0.1, 0.15) is 38.2 Å². The number of hydrogen-bond donors (Lipinski definition) is 2. The van der Waals surface area contributed by atoms with Crippen LogP contribution in [0, 0.1) is 12.7 Å². The molecule has 3 N–H and O–H groups in total. The summed E-state index contributed by atoms with van der Waals surface area (Å²) in [7, 11) is 0. The van der Waals surface area contributed by atoms with Crippen molar-refractivity contribution in [1.82, 2.24) is 4.90 Å². The zero-order valence-corrected chi connectivity index (χ0v) is 14.9. The summed E-state index contributed by atoms with van der Waals surface area (Å²) in [6.07, 6.45) is 3.95. The predicted molar refractivity (Wildman–Crippen MR) is 96.8 cm³/mol. The number of halogens is 1. The van der Waals surface area contributed by atoms with Crippen molar-refractivity contribution in [2.45, 2.75) is 45.6 Å². The minimum Gasteiger partial charge on any atom is -0.383 e. The van der Waals surface area contributed by atoms with E-state index in [-0.39, 0.29) is 5.69 Å². The quantitative estimate of drug-likeness (QED) is 0.469. The molecule has 7 heteroatoms. The normalized spacial score (nSPS) is 17.6. The van der Waals surface area contributed by atoms with Crippen molar-refractivity contribution in [2.75, 3.05) is 25.0 Å². The summed E-state index contributed by atoms with van der Waals surface area (Å²) in [6.45, 7) is 5.85. The Labute approximate surface area is 148 Å². The largest absolute Gasteiger partial charge is 0.383 e. The van der Waals surface area contributed by atoms with E-state index in [1.807, 2.05) is 0 Å². The maximum Gasteiger partial charge on any atom is 0.268 e.